The number of benzene rings is 2. The van der Waals surface area contributed by atoms with Gasteiger partial charge in [-0.05, 0) is 47.1 Å². The Hall–Kier alpha value is -1.80. The molecule has 0 spiro atoms. The van der Waals surface area contributed by atoms with Crippen LogP contribution in [0.4, 0.5) is 14.5 Å². The van der Waals surface area contributed by atoms with Crippen LogP contribution in [0.1, 0.15) is 17.3 Å². The van der Waals surface area contributed by atoms with Gasteiger partial charge in [0.05, 0.1) is 23.9 Å². The quantitative estimate of drug-likeness (QED) is 0.594. The van der Waals surface area contributed by atoms with Crippen LogP contribution < -0.4 is 14.8 Å². The average Bonchev–Trinajstić information content (AvgIpc) is 2.57. The van der Waals surface area contributed by atoms with Crippen molar-refractivity contribution in [2.24, 2.45) is 0 Å². The molecule has 0 heterocycles. The van der Waals surface area contributed by atoms with E-state index in [0.29, 0.717) is 50.5 Å². The van der Waals surface area contributed by atoms with Crippen LogP contribution in [-0.2, 0) is 0 Å². The molecule has 2 aromatic carbocycles. The summed E-state index contributed by atoms with van der Waals surface area (Å²) < 4.78 is 36.6. The van der Waals surface area contributed by atoms with Crippen LogP contribution in [0.5, 0.6) is 11.5 Å². The van der Waals surface area contributed by atoms with Gasteiger partial charge in [-0.3, -0.25) is 4.79 Å². The number of anilines is 1. The number of rotatable bonds is 7. The van der Waals surface area contributed by atoms with E-state index < -0.39 is 11.7 Å². The Morgan fingerprint density at radius 3 is 2.68 bits per heavy atom. The monoisotopic (exact) mass is 431 g/mol. The molecule has 2 rings (SSSR count). The number of carbonyl (C=O) groups is 1. The number of para-hydroxylation sites is 1. The molecule has 0 fully saturated rings. The molecule has 4 nitrogen and oxygen atoms in total. The Labute approximate surface area is 157 Å². The summed E-state index contributed by atoms with van der Waals surface area (Å²) in [6, 6.07) is 9.53. The van der Waals surface area contributed by atoms with Crippen molar-refractivity contribution in [1.29, 1.82) is 0 Å². The van der Waals surface area contributed by atoms with Gasteiger partial charge in [0.15, 0.2) is 11.5 Å². The molecule has 1 N–H and O–H groups in total. The summed E-state index contributed by atoms with van der Waals surface area (Å²) in [6.07, 6.45) is 0. The predicted octanol–water partition coefficient (Wildman–Crippen LogP) is 5.42. The van der Waals surface area contributed by atoms with Crippen molar-refractivity contribution in [2.45, 2.75) is 17.6 Å². The molecule has 0 atom stereocenters. The van der Waals surface area contributed by atoms with E-state index in [1.165, 1.54) is 19.2 Å². The van der Waals surface area contributed by atoms with Crippen LogP contribution >= 0.6 is 27.7 Å². The molecule has 25 heavy (non-hydrogen) atoms. The molecule has 134 valence electrons. The van der Waals surface area contributed by atoms with Gasteiger partial charge in [0, 0.05) is 10.5 Å². The molecule has 0 saturated heterocycles. The minimum atomic E-state index is -2.57. The van der Waals surface area contributed by atoms with E-state index in [1.807, 2.05) is 6.92 Å². The minimum Gasteiger partial charge on any atom is -0.493 e. The Morgan fingerprint density at radius 2 is 2.04 bits per heavy atom. The number of halogens is 3. The maximum atomic E-state index is 12.6. The van der Waals surface area contributed by atoms with Crippen LogP contribution in [0, 0.1) is 0 Å². The van der Waals surface area contributed by atoms with E-state index in [9.17, 15) is 13.6 Å². The third-order valence-corrected chi connectivity index (χ3v) is 4.51. The Bertz CT molecular complexity index is 759. The highest BCUT2D eigenvalue weighted by atomic mass is 79.9. The molecular formula is C17H16BrF2NO3S. The third-order valence-electron chi connectivity index (χ3n) is 3.13. The number of thioether (sulfide) groups is 1. The minimum absolute atomic E-state index is 0.294. The summed E-state index contributed by atoms with van der Waals surface area (Å²) >= 11 is 3.73. The van der Waals surface area contributed by atoms with Crippen molar-refractivity contribution >= 4 is 39.3 Å². The van der Waals surface area contributed by atoms with E-state index in [1.54, 1.807) is 24.3 Å². The summed E-state index contributed by atoms with van der Waals surface area (Å²) in [5.74, 6) is -2.12. The fourth-order valence-corrected chi connectivity index (χ4v) is 3.25. The molecule has 8 heteroatoms. The summed E-state index contributed by atoms with van der Waals surface area (Å²) in [7, 11) is 1.47. The number of methoxy groups -OCH3 is 1. The summed E-state index contributed by atoms with van der Waals surface area (Å²) in [4.78, 5) is 12.8. The molecule has 0 aliphatic carbocycles. The molecular weight excluding hydrogens is 416 g/mol. The van der Waals surface area contributed by atoms with E-state index in [4.69, 9.17) is 9.47 Å². The summed E-state index contributed by atoms with van der Waals surface area (Å²) in [5.41, 5.74) is 0.630. The highest BCUT2D eigenvalue weighted by molar-refractivity contribution is 9.10. The molecule has 0 aliphatic heterocycles. The largest absolute Gasteiger partial charge is 0.493 e. The van der Waals surface area contributed by atoms with E-state index in [2.05, 4.69) is 21.2 Å². The van der Waals surface area contributed by atoms with Gasteiger partial charge in [0.25, 0.3) is 11.7 Å². The van der Waals surface area contributed by atoms with Crippen LogP contribution in [0.15, 0.2) is 45.8 Å². The van der Waals surface area contributed by atoms with Crippen molar-refractivity contribution in [3.05, 3.63) is 46.4 Å². The summed E-state index contributed by atoms with van der Waals surface area (Å²) in [5, 5.41) is 2.65. The van der Waals surface area contributed by atoms with E-state index >= 15 is 0 Å². The first-order valence-electron chi connectivity index (χ1n) is 7.31. The van der Waals surface area contributed by atoms with Crippen LogP contribution in [0.25, 0.3) is 0 Å². The molecule has 0 saturated carbocycles. The van der Waals surface area contributed by atoms with Crippen LogP contribution in [0.2, 0.25) is 0 Å². The van der Waals surface area contributed by atoms with Crippen molar-refractivity contribution in [3.8, 4) is 11.5 Å². The second-order valence-corrected chi connectivity index (χ2v) is 6.64. The van der Waals surface area contributed by atoms with Gasteiger partial charge in [0.2, 0.25) is 0 Å². The van der Waals surface area contributed by atoms with Crippen molar-refractivity contribution < 1.29 is 23.0 Å². The number of hydrogen-bond acceptors (Lipinski definition) is 4. The molecule has 0 aromatic heterocycles. The second-order valence-electron chi connectivity index (χ2n) is 4.75. The van der Waals surface area contributed by atoms with Crippen molar-refractivity contribution in [2.75, 3.05) is 19.0 Å². The first-order valence-corrected chi connectivity index (χ1v) is 8.99. The Morgan fingerprint density at radius 1 is 1.32 bits per heavy atom. The molecule has 2 aromatic rings. The van der Waals surface area contributed by atoms with Gasteiger partial charge >= 0.3 is 0 Å². The fourth-order valence-electron chi connectivity index (χ4n) is 2.10. The molecule has 0 bridgehead atoms. The zero-order chi connectivity index (χ0) is 18.4. The Balaban J connectivity index is 2.29. The predicted molar refractivity (Wildman–Crippen MR) is 98.1 cm³/mol. The molecule has 0 radical (unpaired) electrons. The highest BCUT2D eigenvalue weighted by Gasteiger charge is 2.17. The van der Waals surface area contributed by atoms with Gasteiger partial charge in [-0.25, -0.2) is 0 Å². The van der Waals surface area contributed by atoms with Crippen molar-refractivity contribution in [3.63, 3.8) is 0 Å². The van der Waals surface area contributed by atoms with Crippen LogP contribution in [-0.4, -0.2) is 25.4 Å². The number of alkyl halides is 2. The lowest BCUT2D eigenvalue weighted by molar-refractivity contribution is 0.102. The number of nitrogens with one attached hydrogen (secondary N) is 1. The second kappa shape index (κ2) is 9.05. The first-order chi connectivity index (χ1) is 12.0. The standard InChI is InChI=1S/C17H16BrF2NO3S/c1-3-24-15-11(18)8-10(9-13(15)23-2)16(22)21-12-6-4-5-7-14(12)25-17(19)20/h4-9,17H,3H2,1-2H3,(H,21,22). The van der Waals surface area contributed by atoms with E-state index in [-0.39, 0.29) is 0 Å². The summed E-state index contributed by atoms with van der Waals surface area (Å²) in [6.45, 7) is 2.28. The normalized spacial score (nSPS) is 10.6. The lowest BCUT2D eigenvalue weighted by Gasteiger charge is -2.14. The van der Waals surface area contributed by atoms with Gasteiger partial charge in [-0.15, -0.1) is 0 Å². The number of carbonyl (C=O) groups excluding carboxylic acids is 1. The van der Waals surface area contributed by atoms with Crippen LogP contribution in [0.3, 0.4) is 0 Å². The number of amides is 1. The third kappa shape index (κ3) is 5.09. The Kier molecular flexibility index (Phi) is 7.07. The maximum Gasteiger partial charge on any atom is 0.288 e. The zero-order valence-corrected chi connectivity index (χ0v) is 15.9. The lowest BCUT2D eigenvalue weighted by Crippen LogP contribution is -2.13. The zero-order valence-electron chi connectivity index (χ0n) is 13.5. The molecule has 0 unspecified atom stereocenters. The number of hydrogen-bond donors (Lipinski definition) is 1. The van der Waals surface area contributed by atoms with Gasteiger partial charge in [0.1, 0.15) is 0 Å². The van der Waals surface area contributed by atoms with E-state index in [0.717, 1.165) is 0 Å². The smallest absolute Gasteiger partial charge is 0.288 e. The van der Waals surface area contributed by atoms with Crippen molar-refractivity contribution in [1.82, 2.24) is 0 Å². The lowest BCUT2D eigenvalue weighted by atomic mass is 10.1. The maximum absolute atomic E-state index is 12.6. The molecule has 0 aliphatic rings. The van der Waals surface area contributed by atoms with Gasteiger partial charge < -0.3 is 14.8 Å². The highest BCUT2D eigenvalue weighted by Crippen LogP contribution is 2.37. The number of ether oxygens (including phenoxy) is 2. The van der Waals surface area contributed by atoms with Gasteiger partial charge in [-0.2, -0.15) is 8.78 Å². The fraction of sp³-hybridized carbons (Fsp3) is 0.235. The topological polar surface area (TPSA) is 47.6 Å². The first kappa shape index (κ1) is 19.5. The average molecular weight is 432 g/mol. The molecule has 1 amide bonds. The van der Waals surface area contributed by atoms with Gasteiger partial charge in [-0.1, -0.05) is 23.9 Å². The SMILES string of the molecule is CCOc1c(Br)cc(C(=O)Nc2ccccc2SC(F)F)cc1OC.